The van der Waals surface area contributed by atoms with Crippen LogP contribution >= 0.6 is 0 Å². The number of rotatable bonds is 7. The predicted molar refractivity (Wildman–Crippen MR) is 75.7 cm³/mol. The highest BCUT2D eigenvalue weighted by atomic mass is 15.2. The molecule has 0 saturated heterocycles. The van der Waals surface area contributed by atoms with Crippen molar-refractivity contribution < 1.29 is 0 Å². The normalized spacial score (nSPS) is 10.9. The van der Waals surface area contributed by atoms with E-state index in [1.165, 1.54) is 24.8 Å². The summed E-state index contributed by atoms with van der Waals surface area (Å²) in [6.07, 6.45) is 5.61. The third-order valence-corrected chi connectivity index (χ3v) is 3.04. The third-order valence-electron chi connectivity index (χ3n) is 3.04. The summed E-state index contributed by atoms with van der Waals surface area (Å²) in [5.41, 5.74) is 1.38. The predicted octanol–water partition coefficient (Wildman–Crippen LogP) is 4.22. The van der Waals surface area contributed by atoms with Crippen LogP contribution in [-0.2, 0) is 0 Å². The second-order valence-corrected chi connectivity index (χ2v) is 4.94. The number of pyridine rings is 1. The van der Waals surface area contributed by atoms with E-state index in [0.717, 1.165) is 18.9 Å². The summed E-state index contributed by atoms with van der Waals surface area (Å²) in [6.45, 7) is 11.2. The zero-order valence-corrected chi connectivity index (χ0v) is 11.7. The Hall–Kier alpha value is -1.05. The van der Waals surface area contributed by atoms with Gasteiger partial charge in [0, 0.05) is 19.3 Å². The van der Waals surface area contributed by atoms with Crippen LogP contribution in [0.1, 0.15) is 58.4 Å². The van der Waals surface area contributed by atoms with Crippen molar-refractivity contribution in [2.75, 3.05) is 18.0 Å². The van der Waals surface area contributed by atoms with Gasteiger partial charge >= 0.3 is 0 Å². The smallest absolute Gasteiger partial charge is 0.128 e. The van der Waals surface area contributed by atoms with Gasteiger partial charge in [0.05, 0.1) is 0 Å². The van der Waals surface area contributed by atoms with Crippen molar-refractivity contribution in [3.05, 3.63) is 23.9 Å². The molecule has 96 valence electrons. The SMILES string of the molecule is CCCCN(CCC)c1cc(C(C)C)ccn1. The molecule has 0 atom stereocenters. The van der Waals surface area contributed by atoms with Crippen molar-refractivity contribution in [2.45, 2.75) is 52.9 Å². The first-order valence-corrected chi connectivity index (χ1v) is 6.89. The Morgan fingerprint density at radius 1 is 1.18 bits per heavy atom. The van der Waals surface area contributed by atoms with E-state index in [2.05, 4.69) is 49.7 Å². The van der Waals surface area contributed by atoms with Crippen LogP contribution in [0.3, 0.4) is 0 Å². The van der Waals surface area contributed by atoms with Crippen LogP contribution < -0.4 is 4.90 Å². The maximum atomic E-state index is 4.52. The number of aromatic nitrogens is 1. The van der Waals surface area contributed by atoms with E-state index < -0.39 is 0 Å². The molecule has 0 bridgehead atoms. The molecule has 0 aromatic carbocycles. The molecule has 0 fully saturated rings. The summed E-state index contributed by atoms with van der Waals surface area (Å²) in [5.74, 6) is 1.72. The molecule has 0 spiro atoms. The topological polar surface area (TPSA) is 16.1 Å². The molecule has 0 aliphatic carbocycles. The van der Waals surface area contributed by atoms with Crippen molar-refractivity contribution in [3.63, 3.8) is 0 Å². The van der Waals surface area contributed by atoms with Gasteiger partial charge in [-0.1, -0.05) is 34.1 Å². The molecule has 0 amide bonds. The second-order valence-electron chi connectivity index (χ2n) is 4.94. The molecular weight excluding hydrogens is 208 g/mol. The van der Waals surface area contributed by atoms with Crippen LogP contribution in [0.2, 0.25) is 0 Å². The van der Waals surface area contributed by atoms with Crippen LogP contribution in [0.4, 0.5) is 5.82 Å². The molecule has 2 nitrogen and oxygen atoms in total. The number of unbranched alkanes of at least 4 members (excludes halogenated alkanes) is 1. The van der Waals surface area contributed by atoms with Gasteiger partial charge in [-0.25, -0.2) is 4.98 Å². The standard InChI is InChI=1S/C15H26N2/c1-5-7-11-17(10-6-2)15-12-14(13(3)4)8-9-16-15/h8-9,12-13H,5-7,10-11H2,1-4H3. The van der Waals surface area contributed by atoms with E-state index in [1.807, 2.05) is 6.20 Å². The molecule has 1 heterocycles. The molecule has 0 aliphatic rings. The highest BCUT2D eigenvalue weighted by Crippen LogP contribution is 2.19. The van der Waals surface area contributed by atoms with Crippen LogP contribution in [0.25, 0.3) is 0 Å². The number of anilines is 1. The van der Waals surface area contributed by atoms with E-state index in [1.54, 1.807) is 0 Å². The first kappa shape index (κ1) is 14.0. The number of hydrogen-bond donors (Lipinski definition) is 0. The summed E-state index contributed by atoms with van der Waals surface area (Å²) in [7, 11) is 0. The Labute approximate surface area is 106 Å². The fourth-order valence-corrected chi connectivity index (χ4v) is 1.93. The van der Waals surface area contributed by atoms with Gasteiger partial charge in [-0.15, -0.1) is 0 Å². The first-order chi connectivity index (χ1) is 8.19. The van der Waals surface area contributed by atoms with Gasteiger partial charge in [-0.2, -0.15) is 0 Å². The molecule has 0 unspecified atom stereocenters. The molecule has 0 N–H and O–H groups in total. The van der Waals surface area contributed by atoms with Gasteiger partial charge in [0.15, 0.2) is 0 Å². The lowest BCUT2D eigenvalue weighted by molar-refractivity contribution is 0.695. The van der Waals surface area contributed by atoms with Gasteiger partial charge in [0.1, 0.15) is 5.82 Å². The summed E-state index contributed by atoms with van der Waals surface area (Å²) < 4.78 is 0. The average molecular weight is 234 g/mol. The lowest BCUT2D eigenvalue weighted by Gasteiger charge is -2.23. The Kier molecular flexibility index (Phi) is 6.03. The molecule has 1 rings (SSSR count). The Morgan fingerprint density at radius 2 is 1.94 bits per heavy atom. The molecule has 1 aromatic rings. The maximum absolute atomic E-state index is 4.52. The minimum absolute atomic E-state index is 0.575. The largest absolute Gasteiger partial charge is 0.357 e. The van der Waals surface area contributed by atoms with Crippen LogP contribution in [0.15, 0.2) is 18.3 Å². The van der Waals surface area contributed by atoms with E-state index in [4.69, 9.17) is 0 Å². The van der Waals surface area contributed by atoms with Crippen LogP contribution in [-0.4, -0.2) is 18.1 Å². The first-order valence-electron chi connectivity index (χ1n) is 6.89. The highest BCUT2D eigenvalue weighted by molar-refractivity contribution is 5.41. The molecule has 0 radical (unpaired) electrons. The zero-order valence-electron chi connectivity index (χ0n) is 11.7. The highest BCUT2D eigenvalue weighted by Gasteiger charge is 2.08. The maximum Gasteiger partial charge on any atom is 0.128 e. The van der Waals surface area contributed by atoms with E-state index in [0.29, 0.717) is 5.92 Å². The Balaban J connectivity index is 2.81. The summed E-state index contributed by atoms with van der Waals surface area (Å²) in [4.78, 5) is 6.93. The van der Waals surface area contributed by atoms with Gasteiger partial charge in [-0.3, -0.25) is 0 Å². The lowest BCUT2D eigenvalue weighted by atomic mass is 10.0. The van der Waals surface area contributed by atoms with Crippen molar-refractivity contribution in [1.29, 1.82) is 0 Å². The second kappa shape index (κ2) is 7.31. The third kappa shape index (κ3) is 4.37. The molecule has 2 heteroatoms. The van der Waals surface area contributed by atoms with Crippen molar-refractivity contribution in [1.82, 2.24) is 4.98 Å². The van der Waals surface area contributed by atoms with E-state index in [9.17, 15) is 0 Å². The summed E-state index contributed by atoms with van der Waals surface area (Å²) in [5, 5.41) is 0. The molecule has 17 heavy (non-hydrogen) atoms. The van der Waals surface area contributed by atoms with E-state index >= 15 is 0 Å². The molecule has 0 saturated carbocycles. The van der Waals surface area contributed by atoms with Crippen LogP contribution in [0.5, 0.6) is 0 Å². The van der Waals surface area contributed by atoms with Crippen molar-refractivity contribution in [2.24, 2.45) is 0 Å². The van der Waals surface area contributed by atoms with Crippen molar-refractivity contribution >= 4 is 5.82 Å². The van der Waals surface area contributed by atoms with E-state index in [-0.39, 0.29) is 0 Å². The fraction of sp³-hybridized carbons (Fsp3) is 0.667. The van der Waals surface area contributed by atoms with Gasteiger partial charge < -0.3 is 4.90 Å². The average Bonchev–Trinajstić information content (AvgIpc) is 2.34. The van der Waals surface area contributed by atoms with Gasteiger partial charge in [-0.05, 0) is 36.5 Å². The quantitative estimate of drug-likeness (QED) is 0.702. The molecule has 1 aromatic heterocycles. The molecular formula is C15H26N2. The van der Waals surface area contributed by atoms with Gasteiger partial charge in [0.2, 0.25) is 0 Å². The lowest BCUT2D eigenvalue weighted by Crippen LogP contribution is -2.26. The summed E-state index contributed by atoms with van der Waals surface area (Å²) >= 11 is 0. The van der Waals surface area contributed by atoms with Crippen molar-refractivity contribution in [3.8, 4) is 0 Å². The number of nitrogens with zero attached hydrogens (tertiary/aromatic N) is 2. The Morgan fingerprint density at radius 3 is 2.53 bits per heavy atom. The molecule has 0 aliphatic heterocycles. The summed E-state index contributed by atoms with van der Waals surface area (Å²) in [6, 6.07) is 4.37. The minimum Gasteiger partial charge on any atom is -0.357 e. The zero-order chi connectivity index (χ0) is 12.7. The number of hydrogen-bond acceptors (Lipinski definition) is 2. The monoisotopic (exact) mass is 234 g/mol. The minimum atomic E-state index is 0.575. The Bertz CT molecular complexity index is 320. The van der Waals surface area contributed by atoms with Gasteiger partial charge in [0.25, 0.3) is 0 Å². The fourth-order valence-electron chi connectivity index (χ4n) is 1.93. The van der Waals surface area contributed by atoms with Crippen LogP contribution in [0, 0.1) is 0 Å².